The maximum atomic E-state index is 12.2. The zero-order chi connectivity index (χ0) is 16.9. The quantitative estimate of drug-likeness (QED) is 0.393. The van der Waals surface area contributed by atoms with Crippen LogP contribution in [0.25, 0.3) is 0 Å². The van der Waals surface area contributed by atoms with Crippen molar-refractivity contribution in [2.24, 2.45) is 4.99 Å². The van der Waals surface area contributed by atoms with Gasteiger partial charge in [0, 0.05) is 26.8 Å². The largest absolute Gasteiger partial charge is 0.488 e. The second-order valence-corrected chi connectivity index (χ2v) is 4.82. The minimum Gasteiger partial charge on any atom is -0.488 e. The molecule has 0 aromatic heterocycles. The number of hydrogen-bond acceptors (Lipinski definition) is 3. The van der Waals surface area contributed by atoms with E-state index in [0.29, 0.717) is 24.9 Å². The molecule has 0 amide bonds. The average Bonchev–Trinajstić information content (AvgIpc) is 2.55. The molecule has 0 aliphatic carbocycles. The van der Waals surface area contributed by atoms with E-state index >= 15 is 0 Å². The number of nitrogens with one attached hydrogen (secondary N) is 2. The standard InChI is InChI=1S/C16H25F2N3O2/c1-3-19-16(20-8-5-9-22-2)21-11-13-6-4-7-14(10-13)23-12-15(17)18/h4,6-7,10,15H,3,5,8-9,11-12H2,1-2H3,(H2,19,20,21). The second-order valence-electron chi connectivity index (χ2n) is 4.82. The zero-order valence-electron chi connectivity index (χ0n) is 13.6. The Bertz CT molecular complexity index is 470. The van der Waals surface area contributed by atoms with E-state index in [1.807, 2.05) is 13.0 Å². The molecule has 0 aliphatic heterocycles. The average molecular weight is 329 g/mol. The molecule has 130 valence electrons. The molecule has 0 atom stereocenters. The topological polar surface area (TPSA) is 54.9 Å². The Labute approximate surface area is 136 Å². The lowest BCUT2D eigenvalue weighted by atomic mass is 10.2. The van der Waals surface area contributed by atoms with E-state index < -0.39 is 13.0 Å². The lowest BCUT2D eigenvalue weighted by Gasteiger charge is -2.11. The number of hydrogen-bond donors (Lipinski definition) is 2. The van der Waals surface area contributed by atoms with Gasteiger partial charge in [0.1, 0.15) is 12.4 Å². The fourth-order valence-electron chi connectivity index (χ4n) is 1.83. The van der Waals surface area contributed by atoms with Crippen molar-refractivity contribution >= 4 is 5.96 Å². The number of benzene rings is 1. The normalized spacial score (nSPS) is 11.6. The van der Waals surface area contributed by atoms with Gasteiger partial charge in [0.15, 0.2) is 5.96 Å². The first-order valence-electron chi connectivity index (χ1n) is 7.66. The molecule has 0 spiro atoms. The molecule has 1 aromatic carbocycles. The van der Waals surface area contributed by atoms with E-state index in [9.17, 15) is 8.78 Å². The third-order valence-corrected chi connectivity index (χ3v) is 2.86. The third kappa shape index (κ3) is 8.97. The first kappa shape index (κ1) is 19.2. The van der Waals surface area contributed by atoms with Gasteiger partial charge >= 0.3 is 0 Å². The molecule has 0 saturated heterocycles. The monoisotopic (exact) mass is 329 g/mol. The van der Waals surface area contributed by atoms with E-state index in [2.05, 4.69) is 15.6 Å². The van der Waals surface area contributed by atoms with Crippen molar-refractivity contribution in [2.75, 3.05) is 33.4 Å². The van der Waals surface area contributed by atoms with Gasteiger partial charge < -0.3 is 20.1 Å². The molecular weight excluding hydrogens is 304 g/mol. The van der Waals surface area contributed by atoms with E-state index in [4.69, 9.17) is 9.47 Å². The highest BCUT2D eigenvalue weighted by atomic mass is 19.3. The smallest absolute Gasteiger partial charge is 0.272 e. The Morgan fingerprint density at radius 2 is 2.13 bits per heavy atom. The Kier molecular flexibility index (Phi) is 9.70. The molecule has 23 heavy (non-hydrogen) atoms. The molecule has 7 heteroatoms. The van der Waals surface area contributed by atoms with Crippen LogP contribution in [0.5, 0.6) is 5.75 Å². The summed E-state index contributed by atoms with van der Waals surface area (Å²) in [6.07, 6.45) is -1.59. The van der Waals surface area contributed by atoms with Crippen LogP contribution >= 0.6 is 0 Å². The van der Waals surface area contributed by atoms with Gasteiger partial charge in [0.2, 0.25) is 0 Å². The summed E-state index contributed by atoms with van der Waals surface area (Å²) < 4.78 is 34.3. The van der Waals surface area contributed by atoms with E-state index in [-0.39, 0.29) is 0 Å². The highest BCUT2D eigenvalue weighted by Gasteiger charge is 2.04. The summed E-state index contributed by atoms with van der Waals surface area (Å²) in [5, 5.41) is 6.36. The number of ether oxygens (including phenoxy) is 2. The van der Waals surface area contributed by atoms with Gasteiger partial charge in [-0.25, -0.2) is 13.8 Å². The highest BCUT2D eigenvalue weighted by Crippen LogP contribution is 2.14. The molecule has 0 fully saturated rings. The van der Waals surface area contributed by atoms with Gasteiger partial charge in [-0.1, -0.05) is 12.1 Å². The molecule has 2 N–H and O–H groups in total. The maximum Gasteiger partial charge on any atom is 0.272 e. The number of halogens is 2. The maximum absolute atomic E-state index is 12.2. The molecule has 0 radical (unpaired) electrons. The first-order valence-corrected chi connectivity index (χ1v) is 7.66. The van der Waals surface area contributed by atoms with Crippen LogP contribution in [0.1, 0.15) is 18.9 Å². The van der Waals surface area contributed by atoms with Crippen molar-refractivity contribution in [1.29, 1.82) is 0 Å². The van der Waals surface area contributed by atoms with E-state index in [1.54, 1.807) is 25.3 Å². The molecule has 0 heterocycles. The van der Waals surface area contributed by atoms with Crippen LogP contribution in [0.15, 0.2) is 29.3 Å². The molecule has 1 aromatic rings. The predicted molar refractivity (Wildman–Crippen MR) is 87.3 cm³/mol. The fourth-order valence-corrected chi connectivity index (χ4v) is 1.83. The van der Waals surface area contributed by atoms with Gasteiger partial charge in [0.25, 0.3) is 6.43 Å². The minimum atomic E-state index is -2.48. The SMILES string of the molecule is CCNC(=NCc1cccc(OCC(F)F)c1)NCCCOC. The van der Waals surface area contributed by atoms with Gasteiger partial charge in [-0.15, -0.1) is 0 Å². The first-order chi connectivity index (χ1) is 11.2. The highest BCUT2D eigenvalue weighted by molar-refractivity contribution is 5.79. The number of alkyl halides is 2. The van der Waals surface area contributed by atoms with Gasteiger partial charge in [-0.3, -0.25) is 0 Å². The zero-order valence-corrected chi connectivity index (χ0v) is 13.6. The van der Waals surface area contributed by atoms with Crippen LogP contribution in [0.2, 0.25) is 0 Å². The van der Waals surface area contributed by atoms with Crippen LogP contribution in [0, 0.1) is 0 Å². The van der Waals surface area contributed by atoms with Crippen molar-refractivity contribution in [3.8, 4) is 5.75 Å². The molecule has 1 rings (SSSR count). The van der Waals surface area contributed by atoms with Crippen molar-refractivity contribution < 1.29 is 18.3 Å². The molecule has 5 nitrogen and oxygen atoms in total. The summed E-state index contributed by atoms with van der Waals surface area (Å²) >= 11 is 0. The summed E-state index contributed by atoms with van der Waals surface area (Å²) in [5.74, 6) is 1.14. The Hall–Kier alpha value is -1.89. The molecule has 0 bridgehead atoms. The number of aliphatic imine (C=N–C) groups is 1. The molecule has 0 saturated carbocycles. The van der Waals surface area contributed by atoms with Crippen molar-refractivity contribution in [1.82, 2.24) is 10.6 Å². The summed E-state index contributed by atoms with van der Waals surface area (Å²) in [6, 6.07) is 7.03. The van der Waals surface area contributed by atoms with Gasteiger partial charge in [-0.2, -0.15) is 0 Å². The summed E-state index contributed by atoms with van der Waals surface area (Å²) in [6.45, 7) is 4.04. The Morgan fingerprint density at radius 1 is 1.30 bits per heavy atom. The van der Waals surface area contributed by atoms with Crippen LogP contribution < -0.4 is 15.4 Å². The number of guanidine groups is 1. The van der Waals surface area contributed by atoms with E-state index in [1.165, 1.54) is 0 Å². The van der Waals surface area contributed by atoms with Crippen LogP contribution in [-0.2, 0) is 11.3 Å². The van der Waals surface area contributed by atoms with Crippen LogP contribution in [0.4, 0.5) is 8.78 Å². The Balaban J connectivity index is 2.55. The van der Waals surface area contributed by atoms with Crippen molar-refractivity contribution in [2.45, 2.75) is 26.3 Å². The van der Waals surface area contributed by atoms with Gasteiger partial charge in [0.05, 0.1) is 6.54 Å². The second kappa shape index (κ2) is 11.6. The van der Waals surface area contributed by atoms with E-state index in [0.717, 1.165) is 25.1 Å². The summed E-state index contributed by atoms with van der Waals surface area (Å²) in [4.78, 5) is 4.47. The predicted octanol–water partition coefficient (Wildman–Crippen LogP) is 2.42. The van der Waals surface area contributed by atoms with Crippen molar-refractivity contribution in [3.63, 3.8) is 0 Å². The van der Waals surface area contributed by atoms with Gasteiger partial charge in [-0.05, 0) is 31.0 Å². The van der Waals surface area contributed by atoms with Crippen LogP contribution in [-0.4, -0.2) is 45.8 Å². The number of methoxy groups -OCH3 is 1. The fraction of sp³-hybridized carbons (Fsp3) is 0.562. The Morgan fingerprint density at radius 3 is 2.83 bits per heavy atom. The molecule has 0 unspecified atom stereocenters. The van der Waals surface area contributed by atoms with Crippen LogP contribution in [0.3, 0.4) is 0 Å². The molecule has 0 aliphatic rings. The lowest BCUT2D eigenvalue weighted by molar-refractivity contribution is 0.0818. The third-order valence-electron chi connectivity index (χ3n) is 2.86. The molecular formula is C16H25F2N3O2. The number of nitrogens with zero attached hydrogens (tertiary/aromatic N) is 1. The minimum absolute atomic E-state index is 0.427. The summed E-state index contributed by atoms with van der Waals surface area (Å²) in [5.41, 5.74) is 0.894. The summed E-state index contributed by atoms with van der Waals surface area (Å²) in [7, 11) is 1.67. The van der Waals surface area contributed by atoms with Crippen molar-refractivity contribution in [3.05, 3.63) is 29.8 Å². The lowest BCUT2D eigenvalue weighted by Crippen LogP contribution is -2.38. The number of rotatable bonds is 10.